The Bertz CT molecular complexity index is 835. The SMILES string of the molecule is CN=C(NCCc1ccc2c(c1)CCO2)NCc1c(C)nn(CCOC)c1C.I. The van der Waals surface area contributed by atoms with Crippen molar-refractivity contribution in [2.75, 3.05) is 33.9 Å². The van der Waals surface area contributed by atoms with E-state index < -0.39 is 0 Å². The number of rotatable bonds is 8. The van der Waals surface area contributed by atoms with Gasteiger partial charge in [-0.15, -0.1) is 24.0 Å². The second-order valence-electron chi connectivity index (χ2n) is 7.01. The molecule has 0 bridgehead atoms. The number of hydrogen-bond acceptors (Lipinski definition) is 4. The highest BCUT2D eigenvalue weighted by Gasteiger charge is 2.13. The van der Waals surface area contributed by atoms with Crippen LogP contribution in [0, 0.1) is 13.8 Å². The molecule has 1 aromatic carbocycles. The number of guanidine groups is 1. The first-order chi connectivity index (χ1) is 13.6. The maximum Gasteiger partial charge on any atom is 0.191 e. The van der Waals surface area contributed by atoms with Gasteiger partial charge >= 0.3 is 0 Å². The van der Waals surface area contributed by atoms with E-state index in [1.807, 2.05) is 11.6 Å². The number of methoxy groups -OCH3 is 1. The van der Waals surface area contributed by atoms with Gasteiger partial charge in [-0.05, 0) is 37.5 Å². The summed E-state index contributed by atoms with van der Waals surface area (Å²) in [5, 5.41) is 11.4. The Kier molecular flexibility index (Phi) is 9.22. The minimum absolute atomic E-state index is 0. The molecule has 0 spiro atoms. The largest absolute Gasteiger partial charge is 0.493 e. The van der Waals surface area contributed by atoms with Gasteiger partial charge in [-0.3, -0.25) is 9.67 Å². The van der Waals surface area contributed by atoms with Gasteiger partial charge in [0.15, 0.2) is 5.96 Å². The van der Waals surface area contributed by atoms with Crippen LogP contribution in [0.5, 0.6) is 5.75 Å². The maximum absolute atomic E-state index is 5.57. The summed E-state index contributed by atoms with van der Waals surface area (Å²) < 4.78 is 12.7. The summed E-state index contributed by atoms with van der Waals surface area (Å²) in [6.07, 6.45) is 1.96. The molecule has 1 aliphatic rings. The van der Waals surface area contributed by atoms with E-state index in [4.69, 9.17) is 9.47 Å². The highest BCUT2D eigenvalue weighted by molar-refractivity contribution is 14.0. The van der Waals surface area contributed by atoms with Crippen LogP contribution < -0.4 is 15.4 Å². The molecule has 3 rings (SSSR count). The van der Waals surface area contributed by atoms with Crippen molar-refractivity contribution in [3.05, 3.63) is 46.3 Å². The van der Waals surface area contributed by atoms with Gasteiger partial charge in [0.2, 0.25) is 0 Å². The molecular formula is C21H32IN5O2. The van der Waals surface area contributed by atoms with Crippen molar-refractivity contribution in [3.63, 3.8) is 0 Å². The molecule has 0 atom stereocenters. The Hall–Kier alpha value is -1.81. The van der Waals surface area contributed by atoms with Crippen LogP contribution in [0.2, 0.25) is 0 Å². The zero-order valence-electron chi connectivity index (χ0n) is 17.7. The highest BCUT2D eigenvalue weighted by Crippen LogP contribution is 2.25. The van der Waals surface area contributed by atoms with Crippen LogP contribution in [-0.2, 0) is 30.7 Å². The van der Waals surface area contributed by atoms with Crippen molar-refractivity contribution in [2.24, 2.45) is 4.99 Å². The summed E-state index contributed by atoms with van der Waals surface area (Å²) in [7, 11) is 3.50. The Morgan fingerprint density at radius 3 is 2.90 bits per heavy atom. The minimum atomic E-state index is 0. The number of ether oxygens (including phenoxy) is 2. The van der Waals surface area contributed by atoms with Crippen LogP contribution in [0.1, 0.15) is 28.1 Å². The molecule has 0 fully saturated rings. The molecule has 1 aromatic heterocycles. The molecule has 0 aliphatic carbocycles. The van der Waals surface area contributed by atoms with Crippen molar-refractivity contribution in [3.8, 4) is 5.75 Å². The lowest BCUT2D eigenvalue weighted by Crippen LogP contribution is -2.38. The molecule has 2 heterocycles. The lowest BCUT2D eigenvalue weighted by atomic mass is 10.1. The van der Waals surface area contributed by atoms with Gasteiger partial charge in [0, 0.05) is 44.9 Å². The number of hydrogen-bond donors (Lipinski definition) is 2. The summed E-state index contributed by atoms with van der Waals surface area (Å²) in [6, 6.07) is 6.47. The highest BCUT2D eigenvalue weighted by atomic mass is 127. The third-order valence-corrected chi connectivity index (χ3v) is 5.15. The quantitative estimate of drug-likeness (QED) is 0.323. The number of aryl methyl sites for hydroxylation is 1. The summed E-state index contributed by atoms with van der Waals surface area (Å²) in [4.78, 5) is 4.34. The van der Waals surface area contributed by atoms with Crippen molar-refractivity contribution in [1.29, 1.82) is 0 Å². The predicted molar refractivity (Wildman–Crippen MR) is 127 cm³/mol. The topological polar surface area (TPSA) is 72.7 Å². The lowest BCUT2D eigenvalue weighted by molar-refractivity contribution is 0.182. The molecule has 7 nitrogen and oxygen atoms in total. The monoisotopic (exact) mass is 513 g/mol. The molecule has 8 heteroatoms. The van der Waals surface area contributed by atoms with Gasteiger partial charge < -0.3 is 20.1 Å². The average Bonchev–Trinajstić information content (AvgIpc) is 3.27. The molecule has 1 aliphatic heterocycles. The Morgan fingerprint density at radius 1 is 1.31 bits per heavy atom. The van der Waals surface area contributed by atoms with Crippen molar-refractivity contribution in [2.45, 2.75) is 39.8 Å². The molecule has 160 valence electrons. The first-order valence-corrected chi connectivity index (χ1v) is 9.83. The molecule has 0 amide bonds. The number of nitrogens with one attached hydrogen (secondary N) is 2. The van der Waals surface area contributed by atoms with Gasteiger partial charge in [0.25, 0.3) is 0 Å². The summed E-state index contributed by atoms with van der Waals surface area (Å²) in [6.45, 7) is 7.88. The van der Waals surface area contributed by atoms with E-state index >= 15 is 0 Å². The third-order valence-electron chi connectivity index (χ3n) is 5.15. The van der Waals surface area contributed by atoms with Crippen LogP contribution in [0.25, 0.3) is 0 Å². The molecule has 29 heavy (non-hydrogen) atoms. The van der Waals surface area contributed by atoms with E-state index in [2.05, 4.69) is 45.8 Å². The number of halogens is 1. The van der Waals surface area contributed by atoms with E-state index in [-0.39, 0.29) is 24.0 Å². The smallest absolute Gasteiger partial charge is 0.191 e. The van der Waals surface area contributed by atoms with Crippen molar-refractivity contribution in [1.82, 2.24) is 20.4 Å². The van der Waals surface area contributed by atoms with Crippen LogP contribution >= 0.6 is 24.0 Å². The number of nitrogens with zero attached hydrogens (tertiary/aromatic N) is 3. The zero-order chi connectivity index (χ0) is 19.9. The standard InChI is InChI=1S/C21H31N5O2.HI/c1-15-19(16(2)26(25-15)10-12-27-4)14-24-21(22-3)23-9-7-17-5-6-20-18(13-17)8-11-28-20;/h5-6,13H,7-12,14H2,1-4H3,(H2,22,23,24);1H. The first kappa shape index (κ1) is 23.5. The third kappa shape index (κ3) is 6.08. The van der Waals surface area contributed by atoms with Gasteiger partial charge in [-0.25, -0.2) is 0 Å². The second-order valence-corrected chi connectivity index (χ2v) is 7.01. The fraction of sp³-hybridized carbons (Fsp3) is 0.524. The van der Waals surface area contributed by atoms with Gasteiger partial charge in [-0.2, -0.15) is 5.10 Å². The number of aromatic nitrogens is 2. The molecule has 2 N–H and O–H groups in total. The van der Waals surface area contributed by atoms with Gasteiger partial charge in [-0.1, -0.05) is 12.1 Å². The maximum atomic E-state index is 5.57. The normalized spacial score (nSPS) is 12.9. The summed E-state index contributed by atoms with van der Waals surface area (Å²) in [5.41, 5.74) is 6.04. The van der Waals surface area contributed by atoms with Crippen LogP contribution in [0.15, 0.2) is 23.2 Å². The van der Waals surface area contributed by atoms with Gasteiger partial charge in [0.1, 0.15) is 5.75 Å². The van der Waals surface area contributed by atoms with E-state index in [0.717, 1.165) is 55.6 Å². The minimum Gasteiger partial charge on any atom is -0.493 e. The summed E-state index contributed by atoms with van der Waals surface area (Å²) >= 11 is 0. The van der Waals surface area contributed by atoms with Crippen LogP contribution in [0.3, 0.4) is 0 Å². The van der Waals surface area contributed by atoms with E-state index in [0.29, 0.717) is 13.2 Å². The van der Waals surface area contributed by atoms with E-state index in [1.54, 1.807) is 14.2 Å². The predicted octanol–water partition coefficient (Wildman–Crippen LogP) is 2.61. The van der Waals surface area contributed by atoms with Gasteiger partial charge in [0.05, 0.1) is 25.5 Å². The molecule has 0 saturated carbocycles. The zero-order valence-corrected chi connectivity index (χ0v) is 20.1. The number of benzene rings is 1. The Morgan fingerprint density at radius 2 is 2.14 bits per heavy atom. The Balaban J connectivity index is 0.00000300. The van der Waals surface area contributed by atoms with Crippen molar-refractivity contribution < 1.29 is 9.47 Å². The molecule has 2 aromatic rings. The molecule has 0 radical (unpaired) electrons. The lowest BCUT2D eigenvalue weighted by Gasteiger charge is -2.13. The van der Waals surface area contributed by atoms with Crippen LogP contribution in [-0.4, -0.2) is 49.7 Å². The van der Waals surface area contributed by atoms with E-state index in [9.17, 15) is 0 Å². The second kappa shape index (κ2) is 11.4. The fourth-order valence-electron chi connectivity index (χ4n) is 3.50. The van der Waals surface area contributed by atoms with E-state index in [1.165, 1.54) is 16.7 Å². The number of aliphatic imine (C=N–C) groups is 1. The Labute approximate surface area is 190 Å². The molecule has 0 saturated heterocycles. The fourth-order valence-corrected chi connectivity index (χ4v) is 3.50. The van der Waals surface area contributed by atoms with Crippen LogP contribution in [0.4, 0.5) is 0 Å². The first-order valence-electron chi connectivity index (χ1n) is 9.83. The molecule has 0 unspecified atom stereocenters. The number of fused-ring (bicyclic) bond motifs is 1. The molecular weight excluding hydrogens is 481 g/mol. The summed E-state index contributed by atoms with van der Waals surface area (Å²) in [5.74, 6) is 1.83. The average molecular weight is 513 g/mol. The van der Waals surface area contributed by atoms with Crippen molar-refractivity contribution >= 4 is 29.9 Å².